The molecule has 0 bridgehead atoms. The van der Waals surface area contributed by atoms with E-state index in [1.807, 2.05) is 0 Å². The van der Waals surface area contributed by atoms with Gasteiger partial charge in [0.1, 0.15) is 17.5 Å². The van der Waals surface area contributed by atoms with Crippen molar-refractivity contribution in [2.75, 3.05) is 27.1 Å². The summed E-state index contributed by atoms with van der Waals surface area (Å²) in [5.74, 6) is 1.14. The second-order valence-corrected chi connectivity index (χ2v) is 6.82. The average Bonchev–Trinajstić information content (AvgIpc) is 3.20. The van der Waals surface area contributed by atoms with E-state index in [1.165, 1.54) is 32.7 Å². The molecule has 0 amide bonds. The summed E-state index contributed by atoms with van der Waals surface area (Å²) >= 11 is 1.30. The standard InChI is InChI=1S/C19H15N5O4S/c1-26-11-6-9(7-12(27-2)15(11)28-3)13-10(8-20)16(21)22-17-14(13)18(25)23-19-24(17)4-5-29-19/h4-7H,1-3H3,(H2,21,22). The van der Waals surface area contributed by atoms with Gasteiger partial charge in [-0.2, -0.15) is 10.2 Å². The van der Waals surface area contributed by atoms with E-state index in [-0.39, 0.29) is 16.8 Å². The second kappa shape index (κ2) is 6.96. The maximum Gasteiger partial charge on any atom is 0.284 e. The lowest BCUT2D eigenvalue weighted by Gasteiger charge is -2.16. The third-order valence-electron chi connectivity index (χ3n) is 4.50. The number of thiazole rings is 1. The van der Waals surface area contributed by atoms with Crippen molar-refractivity contribution in [1.29, 1.82) is 5.26 Å². The number of aromatic nitrogens is 3. The number of methoxy groups -OCH3 is 3. The van der Waals surface area contributed by atoms with Crippen molar-refractivity contribution in [3.8, 4) is 34.4 Å². The van der Waals surface area contributed by atoms with Gasteiger partial charge in [-0.05, 0) is 17.7 Å². The van der Waals surface area contributed by atoms with E-state index in [9.17, 15) is 10.1 Å². The lowest BCUT2D eigenvalue weighted by molar-refractivity contribution is 0.324. The van der Waals surface area contributed by atoms with Crippen LogP contribution in [0, 0.1) is 11.3 Å². The number of fused-ring (bicyclic) bond motifs is 3. The number of nitriles is 1. The fraction of sp³-hybridized carbons (Fsp3) is 0.158. The molecule has 0 fully saturated rings. The Hall–Kier alpha value is -3.84. The Morgan fingerprint density at radius 2 is 1.83 bits per heavy atom. The maximum absolute atomic E-state index is 12.9. The van der Waals surface area contributed by atoms with Crippen molar-refractivity contribution in [2.24, 2.45) is 0 Å². The number of ether oxygens (including phenoxy) is 3. The summed E-state index contributed by atoms with van der Waals surface area (Å²) in [5.41, 5.74) is 6.78. The fourth-order valence-electron chi connectivity index (χ4n) is 3.25. The molecule has 4 aromatic rings. The van der Waals surface area contributed by atoms with Crippen molar-refractivity contribution in [2.45, 2.75) is 0 Å². The Balaban J connectivity index is 2.22. The van der Waals surface area contributed by atoms with Gasteiger partial charge in [0, 0.05) is 17.1 Å². The van der Waals surface area contributed by atoms with Crippen LogP contribution in [0.2, 0.25) is 0 Å². The summed E-state index contributed by atoms with van der Waals surface area (Å²) in [6.45, 7) is 0. The number of anilines is 1. The quantitative estimate of drug-likeness (QED) is 0.545. The molecule has 4 rings (SSSR count). The molecule has 0 aliphatic heterocycles. The predicted molar refractivity (Wildman–Crippen MR) is 109 cm³/mol. The molecule has 0 unspecified atom stereocenters. The molecular weight excluding hydrogens is 394 g/mol. The summed E-state index contributed by atoms with van der Waals surface area (Å²) in [6, 6.07) is 5.36. The zero-order chi connectivity index (χ0) is 20.7. The number of nitrogens with zero attached hydrogens (tertiary/aromatic N) is 4. The summed E-state index contributed by atoms with van der Waals surface area (Å²) in [5, 5.41) is 11.7. The van der Waals surface area contributed by atoms with Crippen LogP contribution in [0.4, 0.5) is 5.82 Å². The molecule has 9 nitrogen and oxygen atoms in total. The van der Waals surface area contributed by atoms with Crippen molar-refractivity contribution in [3.05, 3.63) is 39.6 Å². The van der Waals surface area contributed by atoms with Gasteiger partial charge in [0.25, 0.3) is 5.56 Å². The zero-order valence-electron chi connectivity index (χ0n) is 15.7. The average molecular weight is 409 g/mol. The van der Waals surface area contributed by atoms with E-state index in [2.05, 4.69) is 16.0 Å². The number of hydrogen-bond donors (Lipinski definition) is 1. The highest BCUT2D eigenvalue weighted by Crippen LogP contribution is 2.43. The smallest absolute Gasteiger partial charge is 0.284 e. The lowest BCUT2D eigenvalue weighted by atomic mass is 9.97. The predicted octanol–water partition coefficient (Wildman–Crippen LogP) is 2.45. The van der Waals surface area contributed by atoms with Gasteiger partial charge in [-0.3, -0.25) is 9.20 Å². The van der Waals surface area contributed by atoms with Crippen molar-refractivity contribution < 1.29 is 14.2 Å². The molecule has 10 heteroatoms. The zero-order valence-corrected chi connectivity index (χ0v) is 16.5. The lowest BCUT2D eigenvalue weighted by Crippen LogP contribution is -2.14. The van der Waals surface area contributed by atoms with Crippen LogP contribution in [0.3, 0.4) is 0 Å². The molecule has 0 aliphatic carbocycles. The third kappa shape index (κ3) is 2.71. The molecular formula is C19H15N5O4S. The van der Waals surface area contributed by atoms with E-state index in [0.717, 1.165) is 0 Å². The Labute approximate surface area is 168 Å². The summed E-state index contributed by atoms with van der Waals surface area (Å²) < 4.78 is 17.9. The summed E-state index contributed by atoms with van der Waals surface area (Å²) in [4.78, 5) is 21.8. The molecule has 0 spiro atoms. The first kappa shape index (κ1) is 18.5. The van der Waals surface area contributed by atoms with E-state index in [1.54, 1.807) is 28.1 Å². The van der Waals surface area contributed by atoms with Gasteiger partial charge in [0.15, 0.2) is 22.1 Å². The maximum atomic E-state index is 12.9. The van der Waals surface area contributed by atoms with Crippen LogP contribution < -0.4 is 25.5 Å². The minimum Gasteiger partial charge on any atom is -0.493 e. The van der Waals surface area contributed by atoms with Crippen LogP contribution in [0.1, 0.15) is 5.56 Å². The molecule has 0 radical (unpaired) electrons. The number of benzene rings is 1. The van der Waals surface area contributed by atoms with Crippen molar-refractivity contribution in [3.63, 3.8) is 0 Å². The van der Waals surface area contributed by atoms with Gasteiger partial charge >= 0.3 is 0 Å². The topological polar surface area (TPSA) is 125 Å². The number of nitrogen functional groups attached to an aromatic ring is 1. The Bertz CT molecular complexity index is 1340. The third-order valence-corrected chi connectivity index (χ3v) is 5.26. The number of nitrogens with two attached hydrogens (primary N) is 1. The molecule has 0 aliphatic rings. The van der Waals surface area contributed by atoms with E-state index in [4.69, 9.17) is 19.9 Å². The summed E-state index contributed by atoms with van der Waals surface area (Å²) in [7, 11) is 4.46. The Morgan fingerprint density at radius 1 is 1.14 bits per heavy atom. The van der Waals surface area contributed by atoms with Crippen molar-refractivity contribution in [1.82, 2.24) is 14.4 Å². The highest BCUT2D eigenvalue weighted by molar-refractivity contribution is 7.15. The van der Waals surface area contributed by atoms with Gasteiger partial charge in [-0.25, -0.2) is 4.98 Å². The normalized spacial score (nSPS) is 10.8. The SMILES string of the molecule is COc1cc(-c2c(C#N)c(N)nc3c2c(=O)nc2sccn23)cc(OC)c1OC. The Kier molecular flexibility index (Phi) is 4.44. The van der Waals surface area contributed by atoms with Crippen molar-refractivity contribution >= 4 is 33.1 Å². The van der Waals surface area contributed by atoms with Crippen LogP contribution >= 0.6 is 11.3 Å². The highest BCUT2D eigenvalue weighted by Gasteiger charge is 2.23. The molecule has 0 saturated carbocycles. The molecule has 29 heavy (non-hydrogen) atoms. The first-order valence-electron chi connectivity index (χ1n) is 8.33. The number of hydrogen-bond acceptors (Lipinski definition) is 9. The van der Waals surface area contributed by atoms with Gasteiger partial charge < -0.3 is 19.9 Å². The Morgan fingerprint density at radius 3 is 2.41 bits per heavy atom. The minimum absolute atomic E-state index is 0.00866. The van der Waals surface area contributed by atoms with Gasteiger partial charge in [0.05, 0.1) is 26.7 Å². The first-order chi connectivity index (χ1) is 14.0. The largest absolute Gasteiger partial charge is 0.493 e. The van der Waals surface area contributed by atoms with Crippen LogP contribution in [-0.4, -0.2) is 35.7 Å². The molecule has 2 N–H and O–H groups in total. The number of pyridine rings is 1. The van der Waals surface area contributed by atoms with Gasteiger partial charge in [-0.1, -0.05) is 0 Å². The van der Waals surface area contributed by atoms with E-state index >= 15 is 0 Å². The number of rotatable bonds is 4. The van der Waals surface area contributed by atoms with Gasteiger partial charge in [0.2, 0.25) is 5.75 Å². The van der Waals surface area contributed by atoms with Crippen LogP contribution in [0.5, 0.6) is 17.2 Å². The molecule has 0 atom stereocenters. The van der Waals surface area contributed by atoms with Gasteiger partial charge in [-0.15, -0.1) is 11.3 Å². The second-order valence-electron chi connectivity index (χ2n) is 5.94. The van der Waals surface area contributed by atoms with E-state index < -0.39 is 5.56 Å². The molecule has 146 valence electrons. The fourth-order valence-corrected chi connectivity index (χ4v) is 3.95. The highest BCUT2D eigenvalue weighted by atomic mass is 32.1. The molecule has 1 aromatic carbocycles. The molecule has 3 aromatic heterocycles. The van der Waals surface area contributed by atoms with Crippen LogP contribution in [0.25, 0.3) is 27.1 Å². The summed E-state index contributed by atoms with van der Waals surface area (Å²) in [6.07, 6.45) is 1.74. The van der Waals surface area contributed by atoms with Crippen LogP contribution in [-0.2, 0) is 0 Å². The van der Waals surface area contributed by atoms with Crippen LogP contribution in [0.15, 0.2) is 28.5 Å². The minimum atomic E-state index is -0.504. The molecule has 0 saturated heterocycles. The first-order valence-corrected chi connectivity index (χ1v) is 9.21. The van der Waals surface area contributed by atoms with E-state index in [0.29, 0.717) is 39.0 Å². The monoisotopic (exact) mass is 409 g/mol. The molecule has 3 heterocycles.